The molecular formula is C23H22FN3O5. The molecule has 3 N–H and O–H groups in total. The number of aryl methyl sites for hydroxylation is 1. The third-order valence-corrected chi connectivity index (χ3v) is 5.13. The molecule has 0 spiro atoms. The quantitative estimate of drug-likeness (QED) is 0.599. The summed E-state index contributed by atoms with van der Waals surface area (Å²) in [6.07, 6.45) is 1.97. The van der Waals surface area contributed by atoms with Crippen molar-refractivity contribution in [2.24, 2.45) is 0 Å². The van der Waals surface area contributed by atoms with Crippen molar-refractivity contribution in [3.05, 3.63) is 71.7 Å². The number of halogens is 1. The van der Waals surface area contributed by atoms with E-state index in [4.69, 9.17) is 0 Å². The summed E-state index contributed by atoms with van der Waals surface area (Å²) in [4.78, 5) is 49.2. The predicted octanol–water partition coefficient (Wildman–Crippen LogP) is 2.54. The first kappa shape index (κ1) is 22.7. The van der Waals surface area contributed by atoms with E-state index in [1.54, 1.807) is 12.1 Å². The van der Waals surface area contributed by atoms with Crippen LogP contribution in [-0.4, -0.2) is 46.8 Å². The fourth-order valence-electron chi connectivity index (χ4n) is 3.41. The van der Waals surface area contributed by atoms with Gasteiger partial charge in [-0.1, -0.05) is 30.3 Å². The summed E-state index contributed by atoms with van der Waals surface area (Å²) >= 11 is 0. The van der Waals surface area contributed by atoms with Crippen LogP contribution in [0.3, 0.4) is 0 Å². The summed E-state index contributed by atoms with van der Waals surface area (Å²) in [6.45, 7) is 1.82. The smallest absolute Gasteiger partial charge is 0.316 e. The third kappa shape index (κ3) is 5.00. The SMILES string of the molecule is Cc1ccccc1-c1cc(C(CC(=O)O)NC(=O)NC2C(=O)C=CN(C)C2=O)ccc1F. The van der Waals surface area contributed by atoms with Gasteiger partial charge in [-0.15, -0.1) is 0 Å². The highest BCUT2D eigenvalue weighted by atomic mass is 19.1. The van der Waals surface area contributed by atoms with Crippen molar-refractivity contribution in [3.8, 4) is 11.1 Å². The average molecular weight is 439 g/mol. The molecule has 1 heterocycles. The number of hydrogen-bond donors (Lipinski definition) is 3. The second kappa shape index (κ2) is 9.42. The fraction of sp³-hybridized carbons (Fsp3) is 0.217. The first-order valence-corrected chi connectivity index (χ1v) is 9.80. The number of carbonyl (C=O) groups excluding carboxylic acids is 3. The summed E-state index contributed by atoms with van der Waals surface area (Å²) in [7, 11) is 1.44. The Kier molecular flexibility index (Phi) is 6.67. The van der Waals surface area contributed by atoms with E-state index in [2.05, 4.69) is 10.6 Å². The molecule has 0 aliphatic carbocycles. The molecule has 2 aromatic carbocycles. The van der Waals surface area contributed by atoms with Crippen LogP contribution in [0.1, 0.15) is 23.6 Å². The Hall–Kier alpha value is -4.01. The Balaban J connectivity index is 1.86. The highest BCUT2D eigenvalue weighted by Crippen LogP contribution is 2.29. The van der Waals surface area contributed by atoms with Gasteiger partial charge in [-0.3, -0.25) is 14.4 Å². The topological polar surface area (TPSA) is 116 Å². The molecule has 1 aliphatic rings. The molecule has 2 atom stereocenters. The molecule has 0 radical (unpaired) electrons. The van der Waals surface area contributed by atoms with E-state index >= 15 is 0 Å². The molecule has 0 saturated carbocycles. The number of nitrogens with one attached hydrogen (secondary N) is 2. The summed E-state index contributed by atoms with van der Waals surface area (Å²) < 4.78 is 14.6. The van der Waals surface area contributed by atoms with Crippen molar-refractivity contribution in [3.63, 3.8) is 0 Å². The Morgan fingerprint density at radius 3 is 2.56 bits per heavy atom. The Morgan fingerprint density at radius 1 is 1.16 bits per heavy atom. The fourth-order valence-corrected chi connectivity index (χ4v) is 3.41. The van der Waals surface area contributed by atoms with Crippen LogP contribution in [0.2, 0.25) is 0 Å². The molecule has 166 valence electrons. The Bertz CT molecular complexity index is 1110. The van der Waals surface area contributed by atoms with Crippen LogP contribution in [-0.2, 0) is 14.4 Å². The van der Waals surface area contributed by atoms with Crippen molar-refractivity contribution >= 4 is 23.7 Å². The lowest BCUT2D eigenvalue weighted by atomic mass is 9.95. The summed E-state index contributed by atoms with van der Waals surface area (Å²) in [5.74, 6) is -2.90. The molecule has 3 rings (SSSR count). The van der Waals surface area contributed by atoms with E-state index in [0.717, 1.165) is 16.5 Å². The van der Waals surface area contributed by atoms with Crippen molar-refractivity contribution in [1.29, 1.82) is 0 Å². The van der Waals surface area contributed by atoms with E-state index in [9.17, 15) is 28.7 Å². The number of urea groups is 1. The van der Waals surface area contributed by atoms with Crippen LogP contribution >= 0.6 is 0 Å². The van der Waals surface area contributed by atoms with E-state index in [1.807, 2.05) is 19.1 Å². The zero-order valence-electron chi connectivity index (χ0n) is 17.5. The van der Waals surface area contributed by atoms with Crippen molar-refractivity contribution in [2.75, 3.05) is 7.05 Å². The molecule has 3 amide bonds. The third-order valence-electron chi connectivity index (χ3n) is 5.13. The van der Waals surface area contributed by atoms with Gasteiger partial charge in [0, 0.05) is 24.9 Å². The molecule has 8 nitrogen and oxygen atoms in total. The largest absolute Gasteiger partial charge is 0.481 e. The predicted molar refractivity (Wildman–Crippen MR) is 114 cm³/mol. The first-order chi connectivity index (χ1) is 15.2. The molecular weight excluding hydrogens is 417 g/mol. The second-order valence-electron chi connectivity index (χ2n) is 7.42. The minimum absolute atomic E-state index is 0.266. The first-order valence-electron chi connectivity index (χ1n) is 9.80. The zero-order valence-corrected chi connectivity index (χ0v) is 17.5. The number of amides is 3. The number of carboxylic acid groups (broad SMARTS) is 1. The lowest BCUT2D eigenvalue weighted by Gasteiger charge is -2.25. The van der Waals surface area contributed by atoms with Gasteiger partial charge in [0.05, 0.1) is 12.5 Å². The maximum absolute atomic E-state index is 14.6. The number of carboxylic acids is 1. The lowest BCUT2D eigenvalue weighted by Crippen LogP contribution is -2.55. The molecule has 0 aromatic heterocycles. The van der Waals surface area contributed by atoms with Crippen LogP contribution in [0.15, 0.2) is 54.7 Å². The minimum Gasteiger partial charge on any atom is -0.481 e. The molecule has 0 fully saturated rings. The zero-order chi connectivity index (χ0) is 23.4. The van der Waals surface area contributed by atoms with Crippen molar-refractivity contribution in [1.82, 2.24) is 15.5 Å². The molecule has 2 unspecified atom stereocenters. The van der Waals surface area contributed by atoms with Gasteiger partial charge in [-0.05, 0) is 35.7 Å². The molecule has 2 aromatic rings. The number of nitrogens with zero attached hydrogens (tertiary/aromatic N) is 1. The van der Waals surface area contributed by atoms with Crippen LogP contribution in [0, 0.1) is 12.7 Å². The Morgan fingerprint density at radius 2 is 1.88 bits per heavy atom. The van der Waals surface area contributed by atoms with E-state index in [-0.39, 0.29) is 5.56 Å². The Labute approximate surface area is 183 Å². The van der Waals surface area contributed by atoms with Crippen molar-refractivity contribution in [2.45, 2.75) is 25.4 Å². The summed E-state index contributed by atoms with van der Waals surface area (Å²) in [5.41, 5.74) is 2.09. The van der Waals surface area contributed by atoms with Gasteiger partial charge >= 0.3 is 12.0 Å². The second-order valence-corrected chi connectivity index (χ2v) is 7.42. The van der Waals surface area contributed by atoms with Gasteiger partial charge in [0.15, 0.2) is 11.8 Å². The summed E-state index contributed by atoms with van der Waals surface area (Å²) in [5, 5.41) is 14.1. The minimum atomic E-state index is -1.41. The maximum Gasteiger partial charge on any atom is 0.316 e. The molecule has 32 heavy (non-hydrogen) atoms. The van der Waals surface area contributed by atoms with Gasteiger partial charge in [-0.25, -0.2) is 9.18 Å². The molecule has 0 bridgehead atoms. The number of aliphatic carboxylic acids is 1. The average Bonchev–Trinajstić information content (AvgIpc) is 2.74. The van der Waals surface area contributed by atoms with E-state index in [1.165, 1.54) is 31.4 Å². The highest BCUT2D eigenvalue weighted by molar-refractivity contribution is 6.14. The van der Waals surface area contributed by atoms with Gasteiger partial charge in [0.2, 0.25) is 0 Å². The van der Waals surface area contributed by atoms with Gasteiger partial charge in [0.25, 0.3) is 5.91 Å². The number of carbonyl (C=O) groups is 4. The standard InChI is InChI=1S/C23H22FN3O5/c1-13-5-3-4-6-15(13)16-11-14(7-8-17(16)24)18(12-20(29)30)25-23(32)26-21-19(28)9-10-27(2)22(21)31/h3-11,18,21H,12H2,1-2H3,(H,29,30)(H2,25,26,32). The van der Waals surface area contributed by atoms with E-state index < -0.39 is 48.0 Å². The number of hydrogen-bond acceptors (Lipinski definition) is 4. The van der Waals surface area contributed by atoms with E-state index in [0.29, 0.717) is 11.1 Å². The van der Waals surface area contributed by atoms with Gasteiger partial charge < -0.3 is 20.6 Å². The van der Waals surface area contributed by atoms with Crippen LogP contribution in [0.25, 0.3) is 11.1 Å². The van der Waals surface area contributed by atoms with Crippen LogP contribution in [0.5, 0.6) is 0 Å². The normalized spacial score (nSPS) is 16.6. The van der Waals surface area contributed by atoms with Crippen molar-refractivity contribution < 1.29 is 28.7 Å². The number of likely N-dealkylation sites (N-methyl/N-ethyl adjacent to an activating group) is 1. The molecule has 0 saturated heterocycles. The molecule has 9 heteroatoms. The van der Waals surface area contributed by atoms with Crippen LogP contribution in [0.4, 0.5) is 9.18 Å². The lowest BCUT2D eigenvalue weighted by molar-refractivity contribution is -0.138. The summed E-state index contributed by atoms with van der Waals surface area (Å²) in [6, 6.07) is 7.90. The maximum atomic E-state index is 14.6. The number of ketones is 1. The monoisotopic (exact) mass is 439 g/mol. The number of rotatable bonds is 6. The van der Waals surface area contributed by atoms with Gasteiger partial charge in [0.1, 0.15) is 5.82 Å². The van der Waals surface area contributed by atoms with Crippen LogP contribution < -0.4 is 10.6 Å². The molecule has 1 aliphatic heterocycles. The highest BCUT2D eigenvalue weighted by Gasteiger charge is 2.32. The van der Waals surface area contributed by atoms with Gasteiger partial charge in [-0.2, -0.15) is 0 Å². The number of benzene rings is 2.